The van der Waals surface area contributed by atoms with Gasteiger partial charge in [0.15, 0.2) is 11.5 Å². The van der Waals surface area contributed by atoms with Gasteiger partial charge < -0.3 is 24.3 Å². The summed E-state index contributed by atoms with van der Waals surface area (Å²) < 4.78 is 10.9. The maximum Gasteiger partial charge on any atom is 0.296 e. The van der Waals surface area contributed by atoms with E-state index < -0.39 is 17.7 Å². The van der Waals surface area contributed by atoms with E-state index in [1.165, 1.54) is 17.2 Å². The monoisotopic (exact) mass is 433 g/mol. The summed E-state index contributed by atoms with van der Waals surface area (Å²) in [5, 5.41) is 21.2. The Labute approximate surface area is 185 Å². The lowest BCUT2D eigenvalue weighted by molar-refractivity contribution is -0.140. The molecule has 0 spiro atoms. The standard InChI is InChI=1S/C25H23NO6/c1-3-31-20-13-17(10-11-19(20)27)22-21(23(28)16-8-6-15(2)7-9-16)24(29)25(30)26(22)14-18-5-4-12-32-18/h4-13,22,27-28H,3,14H2,1-2H3/b23-21+/t22-/m0/s1. The summed E-state index contributed by atoms with van der Waals surface area (Å²) in [5.74, 6) is -1.13. The number of carbonyl (C=O) groups excluding carboxylic acids is 2. The summed E-state index contributed by atoms with van der Waals surface area (Å²) in [4.78, 5) is 27.4. The van der Waals surface area contributed by atoms with E-state index in [1.54, 1.807) is 43.3 Å². The minimum atomic E-state index is -0.888. The number of amides is 1. The van der Waals surface area contributed by atoms with Crippen molar-refractivity contribution in [1.82, 2.24) is 4.90 Å². The van der Waals surface area contributed by atoms with Crippen LogP contribution in [0.1, 0.15) is 35.4 Å². The van der Waals surface area contributed by atoms with Gasteiger partial charge >= 0.3 is 0 Å². The van der Waals surface area contributed by atoms with Crippen molar-refractivity contribution >= 4 is 17.4 Å². The molecule has 3 aromatic rings. The molecule has 2 N–H and O–H groups in total. The number of hydrogen-bond donors (Lipinski definition) is 2. The molecular formula is C25H23NO6. The molecule has 7 nitrogen and oxygen atoms in total. The molecule has 32 heavy (non-hydrogen) atoms. The van der Waals surface area contributed by atoms with Gasteiger partial charge in [-0.1, -0.05) is 35.9 Å². The van der Waals surface area contributed by atoms with E-state index >= 15 is 0 Å². The van der Waals surface area contributed by atoms with E-state index in [0.717, 1.165) is 5.56 Å². The number of ketones is 1. The molecule has 2 heterocycles. The van der Waals surface area contributed by atoms with E-state index in [0.29, 0.717) is 23.5 Å². The van der Waals surface area contributed by atoms with E-state index in [9.17, 15) is 19.8 Å². The molecule has 1 aliphatic heterocycles. The number of benzene rings is 2. The van der Waals surface area contributed by atoms with Crippen molar-refractivity contribution in [1.29, 1.82) is 0 Å². The lowest BCUT2D eigenvalue weighted by Crippen LogP contribution is -2.29. The summed E-state index contributed by atoms with van der Waals surface area (Å²) in [6, 6.07) is 14.2. The molecule has 1 aliphatic rings. The van der Waals surface area contributed by atoms with Crippen molar-refractivity contribution in [3.63, 3.8) is 0 Å². The Balaban J connectivity index is 1.88. The van der Waals surface area contributed by atoms with Gasteiger partial charge in [0.05, 0.1) is 31.0 Å². The van der Waals surface area contributed by atoms with Crippen LogP contribution in [0.3, 0.4) is 0 Å². The first-order valence-electron chi connectivity index (χ1n) is 10.2. The fraction of sp³-hybridized carbons (Fsp3) is 0.200. The summed E-state index contributed by atoms with van der Waals surface area (Å²) in [5.41, 5.74) is 1.92. The molecule has 1 fully saturated rings. The lowest BCUT2D eigenvalue weighted by Gasteiger charge is -2.25. The third kappa shape index (κ3) is 3.85. The maximum atomic E-state index is 13.1. The van der Waals surface area contributed by atoms with Gasteiger partial charge in [-0.05, 0) is 43.7 Å². The van der Waals surface area contributed by atoms with Crippen molar-refractivity contribution in [3.05, 3.63) is 88.9 Å². The van der Waals surface area contributed by atoms with Gasteiger partial charge in [0.25, 0.3) is 11.7 Å². The second-order valence-electron chi connectivity index (χ2n) is 7.53. The van der Waals surface area contributed by atoms with Gasteiger partial charge in [-0.25, -0.2) is 0 Å². The average molecular weight is 433 g/mol. The third-order valence-electron chi connectivity index (χ3n) is 5.37. The smallest absolute Gasteiger partial charge is 0.296 e. The number of phenols is 1. The van der Waals surface area contributed by atoms with Gasteiger partial charge in [-0.2, -0.15) is 0 Å². The second-order valence-corrected chi connectivity index (χ2v) is 7.53. The predicted octanol–water partition coefficient (Wildman–Crippen LogP) is 4.31. The third-order valence-corrected chi connectivity index (χ3v) is 5.37. The van der Waals surface area contributed by atoms with Crippen LogP contribution in [0.4, 0.5) is 0 Å². The minimum absolute atomic E-state index is 0.0291. The summed E-state index contributed by atoms with van der Waals surface area (Å²) in [6.07, 6.45) is 1.49. The predicted molar refractivity (Wildman–Crippen MR) is 117 cm³/mol. The van der Waals surface area contributed by atoms with Crippen LogP contribution in [0.15, 0.2) is 70.9 Å². The van der Waals surface area contributed by atoms with Crippen LogP contribution in [0.25, 0.3) is 5.76 Å². The number of Topliss-reactive ketones (excluding diaryl/α,β-unsaturated/α-hetero) is 1. The highest BCUT2D eigenvalue weighted by Gasteiger charge is 2.46. The Morgan fingerprint density at radius 1 is 1.12 bits per heavy atom. The number of likely N-dealkylation sites (tertiary alicyclic amines) is 1. The van der Waals surface area contributed by atoms with Crippen LogP contribution in [0, 0.1) is 6.92 Å². The van der Waals surface area contributed by atoms with E-state index in [-0.39, 0.29) is 29.4 Å². The number of aliphatic hydroxyl groups excluding tert-OH is 1. The average Bonchev–Trinajstić information content (AvgIpc) is 3.38. The number of aromatic hydroxyl groups is 1. The van der Waals surface area contributed by atoms with Crippen LogP contribution in [-0.4, -0.2) is 33.4 Å². The fourth-order valence-corrected chi connectivity index (χ4v) is 3.80. The van der Waals surface area contributed by atoms with Gasteiger partial charge in [-0.15, -0.1) is 0 Å². The van der Waals surface area contributed by atoms with Crippen LogP contribution in [-0.2, 0) is 16.1 Å². The molecule has 164 valence electrons. The van der Waals surface area contributed by atoms with Crippen molar-refractivity contribution in [3.8, 4) is 11.5 Å². The molecule has 1 saturated heterocycles. The molecular weight excluding hydrogens is 410 g/mol. The zero-order valence-corrected chi connectivity index (χ0v) is 17.7. The first-order chi connectivity index (χ1) is 15.4. The Morgan fingerprint density at radius 2 is 1.88 bits per heavy atom. The Hall–Kier alpha value is -4.00. The number of furan rings is 1. The van der Waals surface area contributed by atoms with Gasteiger partial charge in [0.1, 0.15) is 11.5 Å². The minimum Gasteiger partial charge on any atom is -0.507 e. The number of phenolic OH excluding ortho intramolecular Hbond substituents is 1. The van der Waals surface area contributed by atoms with Crippen LogP contribution < -0.4 is 4.74 Å². The lowest BCUT2D eigenvalue weighted by atomic mass is 9.94. The Bertz CT molecular complexity index is 1180. The number of hydrogen-bond acceptors (Lipinski definition) is 6. The molecule has 7 heteroatoms. The van der Waals surface area contributed by atoms with E-state index in [2.05, 4.69) is 0 Å². The molecule has 0 unspecified atom stereocenters. The van der Waals surface area contributed by atoms with Crippen LogP contribution >= 0.6 is 0 Å². The highest BCUT2D eigenvalue weighted by molar-refractivity contribution is 6.46. The Kier molecular flexibility index (Phi) is 5.73. The van der Waals surface area contributed by atoms with Crippen LogP contribution in [0.2, 0.25) is 0 Å². The summed E-state index contributed by atoms with van der Waals surface area (Å²) in [7, 11) is 0. The molecule has 0 aliphatic carbocycles. The Morgan fingerprint density at radius 3 is 2.53 bits per heavy atom. The van der Waals surface area contributed by atoms with Crippen molar-refractivity contribution in [2.75, 3.05) is 6.61 Å². The van der Waals surface area contributed by atoms with Crippen molar-refractivity contribution < 1.29 is 29.0 Å². The second kappa shape index (κ2) is 8.63. The number of rotatable bonds is 6. The fourth-order valence-electron chi connectivity index (χ4n) is 3.80. The SMILES string of the molecule is CCOc1cc([C@H]2/C(=C(\O)c3ccc(C)cc3)C(=O)C(=O)N2Cc2ccco2)ccc1O. The molecule has 4 rings (SSSR count). The largest absolute Gasteiger partial charge is 0.507 e. The quantitative estimate of drug-likeness (QED) is 0.341. The number of nitrogens with zero attached hydrogens (tertiary/aromatic N) is 1. The molecule has 0 bridgehead atoms. The zero-order valence-electron chi connectivity index (χ0n) is 17.7. The van der Waals surface area contributed by atoms with E-state index in [4.69, 9.17) is 9.15 Å². The number of ether oxygens (including phenoxy) is 1. The number of aliphatic hydroxyl groups is 1. The summed E-state index contributed by atoms with van der Waals surface area (Å²) in [6.45, 7) is 4.06. The molecule has 0 saturated carbocycles. The first kappa shape index (κ1) is 21.2. The number of aryl methyl sites for hydroxylation is 1. The van der Waals surface area contributed by atoms with Gasteiger partial charge in [0.2, 0.25) is 0 Å². The van der Waals surface area contributed by atoms with E-state index in [1.807, 2.05) is 19.1 Å². The summed E-state index contributed by atoms with van der Waals surface area (Å²) >= 11 is 0. The zero-order chi connectivity index (χ0) is 22.8. The van der Waals surface area contributed by atoms with Gasteiger partial charge in [0, 0.05) is 5.56 Å². The molecule has 1 atom stereocenters. The molecule has 1 aromatic heterocycles. The molecule has 2 aromatic carbocycles. The molecule has 1 amide bonds. The first-order valence-corrected chi connectivity index (χ1v) is 10.2. The highest BCUT2D eigenvalue weighted by atomic mass is 16.5. The van der Waals surface area contributed by atoms with Crippen LogP contribution in [0.5, 0.6) is 11.5 Å². The van der Waals surface area contributed by atoms with Crippen molar-refractivity contribution in [2.45, 2.75) is 26.4 Å². The maximum absolute atomic E-state index is 13.1. The normalized spacial score (nSPS) is 17.7. The number of carbonyl (C=O) groups is 2. The highest BCUT2D eigenvalue weighted by Crippen LogP contribution is 2.42. The van der Waals surface area contributed by atoms with Crippen molar-refractivity contribution in [2.24, 2.45) is 0 Å². The topological polar surface area (TPSA) is 100 Å². The van der Waals surface area contributed by atoms with Gasteiger partial charge in [-0.3, -0.25) is 9.59 Å². The molecule has 0 radical (unpaired) electrons.